The van der Waals surface area contributed by atoms with Crippen LogP contribution in [-0.4, -0.2) is 17.6 Å². The van der Waals surface area contributed by atoms with Crippen molar-refractivity contribution in [3.63, 3.8) is 0 Å². The quantitative estimate of drug-likeness (QED) is 0.774. The lowest BCUT2D eigenvalue weighted by Gasteiger charge is -2.25. The first-order valence-corrected chi connectivity index (χ1v) is 8.41. The molecular formula is C15H26N2OS. The fourth-order valence-corrected chi connectivity index (χ4v) is 3.22. The predicted octanol–water partition coefficient (Wildman–Crippen LogP) is 3.74. The Bertz CT molecular complexity index is 359. The lowest BCUT2D eigenvalue weighted by atomic mass is 9.89. The average Bonchev–Trinajstić information content (AvgIpc) is 2.86. The van der Waals surface area contributed by atoms with Crippen LogP contribution in [0.2, 0.25) is 0 Å². The molecule has 0 spiro atoms. The second-order valence-corrected chi connectivity index (χ2v) is 6.54. The molecule has 1 fully saturated rings. The molecule has 0 aliphatic heterocycles. The summed E-state index contributed by atoms with van der Waals surface area (Å²) >= 11 is 1.73. The van der Waals surface area contributed by atoms with Gasteiger partial charge in [0.05, 0.1) is 18.4 Å². The van der Waals surface area contributed by atoms with Crippen LogP contribution in [0.1, 0.15) is 56.7 Å². The minimum atomic E-state index is 0.458. The van der Waals surface area contributed by atoms with Gasteiger partial charge < -0.3 is 10.1 Å². The highest BCUT2D eigenvalue weighted by Gasteiger charge is 2.18. The van der Waals surface area contributed by atoms with Crippen LogP contribution in [0.4, 0.5) is 0 Å². The molecule has 1 N–H and O–H groups in total. The molecule has 1 aliphatic rings. The number of nitrogens with one attached hydrogen (secondary N) is 1. The summed E-state index contributed by atoms with van der Waals surface area (Å²) in [6, 6.07) is 0. The van der Waals surface area contributed by atoms with Gasteiger partial charge >= 0.3 is 0 Å². The van der Waals surface area contributed by atoms with Crippen molar-refractivity contribution in [1.29, 1.82) is 0 Å². The van der Waals surface area contributed by atoms with E-state index in [1.54, 1.807) is 11.3 Å². The van der Waals surface area contributed by atoms with Crippen molar-refractivity contribution in [1.82, 2.24) is 10.3 Å². The maximum absolute atomic E-state index is 5.98. The lowest BCUT2D eigenvalue weighted by molar-refractivity contribution is 0.00744. The van der Waals surface area contributed by atoms with E-state index in [1.807, 2.05) is 0 Å². The van der Waals surface area contributed by atoms with Crippen LogP contribution in [0.25, 0.3) is 0 Å². The number of rotatable bonds is 7. The van der Waals surface area contributed by atoms with Crippen LogP contribution >= 0.6 is 11.3 Å². The van der Waals surface area contributed by atoms with Gasteiger partial charge in [0.15, 0.2) is 0 Å². The molecule has 0 aromatic carbocycles. The van der Waals surface area contributed by atoms with Gasteiger partial charge in [0.2, 0.25) is 0 Å². The molecule has 3 nitrogen and oxygen atoms in total. The van der Waals surface area contributed by atoms with Crippen molar-refractivity contribution in [3.05, 3.63) is 16.1 Å². The molecule has 0 unspecified atom stereocenters. The highest BCUT2D eigenvalue weighted by molar-refractivity contribution is 7.09. The van der Waals surface area contributed by atoms with Gasteiger partial charge in [-0.15, -0.1) is 11.3 Å². The van der Waals surface area contributed by atoms with Crippen LogP contribution in [0.3, 0.4) is 0 Å². The van der Waals surface area contributed by atoms with Crippen molar-refractivity contribution in [2.45, 2.75) is 65.2 Å². The summed E-state index contributed by atoms with van der Waals surface area (Å²) < 4.78 is 5.98. The first-order valence-electron chi connectivity index (χ1n) is 7.53. The van der Waals surface area contributed by atoms with Crippen molar-refractivity contribution >= 4 is 11.3 Å². The largest absolute Gasteiger partial charge is 0.372 e. The Morgan fingerprint density at radius 2 is 2.16 bits per heavy atom. The molecule has 108 valence electrons. The van der Waals surface area contributed by atoms with Gasteiger partial charge in [0.25, 0.3) is 0 Å². The van der Waals surface area contributed by atoms with Crippen LogP contribution in [-0.2, 0) is 17.9 Å². The summed E-state index contributed by atoms with van der Waals surface area (Å²) in [6.07, 6.45) is 6.69. The topological polar surface area (TPSA) is 34.2 Å². The maximum Gasteiger partial charge on any atom is 0.107 e. The standard InChI is InChI=1S/C15H26N2OS/c1-3-8-16-9-15-17-13(11-19-15)10-18-14-6-4-12(2)5-7-14/h11-12,14,16H,3-10H2,1-2H3. The predicted molar refractivity (Wildman–Crippen MR) is 80.3 cm³/mol. The van der Waals surface area contributed by atoms with Crippen molar-refractivity contribution in [2.24, 2.45) is 5.92 Å². The fraction of sp³-hybridized carbons (Fsp3) is 0.800. The zero-order chi connectivity index (χ0) is 13.5. The molecule has 0 bridgehead atoms. The Hall–Kier alpha value is -0.450. The lowest BCUT2D eigenvalue weighted by Crippen LogP contribution is -2.20. The molecule has 4 heteroatoms. The highest BCUT2D eigenvalue weighted by Crippen LogP contribution is 2.26. The average molecular weight is 282 g/mol. The molecule has 1 aromatic heterocycles. The molecule has 1 aromatic rings. The van der Waals surface area contributed by atoms with E-state index in [0.717, 1.165) is 24.7 Å². The number of aromatic nitrogens is 1. The summed E-state index contributed by atoms with van der Waals surface area (Å²) in [5, 5.41) is 6.69. The summed E-state index contributed by atoms with van der Waals surface area (Å²) in [5.74, 6) is 0.885. The van der Waals surface area contributed by atoms with E-state index >= 15 is 0 Å². The summed E-state index contributed by atoms with van der Waals surface area (Å²) in [5.41, 5.74) is 1.09. The van der Waals surface area contributed by atoms with Crippen LogP contribution < -0.4 is 5.32 Å². The number of ether oxygens (including phenoxy) is 1. The third kappa shape index (κ3) is 5.21. The van der Waals surface area contributed by atoms with E-state index in [-0.39, 0.29) is 0 Å². The first-order chi connectivity index (χ1) is 9.28. The molecule has 1 saturated carbocycles. The molecule has 19 heavy (non-hydrogen) atoms. The Morgan fingerprint density at radius 1 is 1.37 bits per heavy atom. The monoisotopic (exact) mass is 282 g/mol. The van der Waals surface area contributed by atoms with Crippen molar-refractivity contribution in [2.75, 3.05) is 6.54 Å². The number of hydrogen-bond donors (Lipinski definition) is 1. The number of hydrogen-bond acceptors (Lipinski definition) is 4. The minimum Gasteiger partial charge on any atom is -0.372 e. The van der Waals surface area contributed by atoms with Gasteiger partial charge in [-0.1, -0.05) is 13.8 Å². The van der Waals surface area contributed by atoms with E-state index in [2.05, 4.69) is 29.5 Å². The van der Waals surface area contributed by atoms with Gasteiger partial charge in [-0.2, -0.15) is 0 Å². The van der Waals surface area contributed by atoms with Crippen LogP contribution in [0.5, 0.6) is 0 Å². The van der Waals surface area contributed by atoms with Crippen molar-refractivity contribution < 1.29 is 4.74 Å². The Kier molecular flexibility index (Phi) is 6.28. The third-order valence-electron chi connectivity index (χ3n) is 3.73. The molecule has 0 saturated heterocycles. The zero-order valence-corrected chi connectivity index (χ0v) is 13.0. The van der Waals surface area contributed by atoms with Gasteiger partial charge in [0, 0.05) is 11.9 Å². The van der Waals surface area contributed by atoms with Crippen LogP contribution in [0, 0.1) is 5.92 Å². The minimum absolute atomic E-state index is 0.458. The SMILES string of the molecule is CCCNCc1nc(COC2CCC(C)CC2)cs1. The molecule has 1 aliphatic carbocycles. The van der Waals surface area contributed by atoms with E-state index in [4.69, 9.17) is 4.74 Å². The van der Waals surface area contributed by atoms with Gasteiger partial charge in [-0.3, -0.25) is 0 Å². The molecule has 2 rings (SSSR count). The molecular weight excluding hydrogens is 256 g/mol. The Balaban J connectivity index is 1.68. The molecule has 1 heterocycles. The van der Waals surface area contributed by atoms with Gasteiger partial charge in [-0.25, -0.2) is 4.98 Å². The van der Waals surface area contributed by atoms with Crippen LogP contribution in [0.15, 0.2) is 5.38 Å². The summed E-state index contributed by atoms with van der Waals surface area (Å²) in [7, 11) is 0. The Labute approximate surface area is 120 Å². The normalized spacial score (nSPS) is 23.7. The first kappa shape index (κ1) is 14.9. The van der Waals surface area contributed by atoms with E-state index in [0.29, 0.717) is 12.7 Å². The smallest absolute Gasteiger partial charge is 0.107 e. The molecule has 0 radical (unpaired) electrons. The van der Waals surface area contributed by atoms with E-state index in [9.17, 15) is 0 Å². The molecule has 0 atom stereocenters. The number of thiazole rings is 1. The molecule has 0 amide bonds. The fourth-order valence-electron chi connectivity index (χ4n) is 2.47. The van der Waals surface area contributed by atoms with E-state index < -0.39 is 0 Å². The van der Waals surface area contributed by atoms with Crippen molar-refractivity contribution in [3.8, 4) is 0 Å². The Morgan fingerprint density at radius 3 is 2.89 bits per heavy atom. The summed E-state index contributed by atoms with van der Waals surface area (Å²) in [6.45, 7) is 7.15. The summed E-state index contributed by atoms with van der Waals surface area (Å²) in [4.78, 5) is 4.61. The van der Waals surface area contributed by atoms with E-state index in [1.165, 1.54) is 37.1 Å². The zero-order valence-electron chi connectivity index (χ0n) is 12.2. The van der Waals surface area contributed by atoms with Gasteiger partial charge in [-0.05, 0) is 44.6 Å². The van der Waals surface area contributed by atoms with Gasteiger partial charge in [0.1, 0.15) is 5.01 Å². The second kappa shape index (κ2) is 7.98. The highest BCUT2D eigenvalue weighted by atomic mass is 32.1. The second-order valence-electron chi connectivity index (χ2n) is 5.60. The maximum atomic E-state index is 5.98. The third-order valence-corrected chi connectivity index (χ3v) is 4.63. The number of nitrogens with zero attached hydrogens (tertiary/aromatic N) is 1.